The van der Waals surface area contributed by atoms with Crippen molar-refractivity contribution in [2.45, 2.75) is 76.9 Å². The third kappa shape index (κ3) is 5.48. The van der Waals surface area contributed by atoms with Crippen LogP contribution in [0.5, 0.6) is 0 Å². The second-order valence-electron chi connectivity index (χ2n) is 7.47. The molecular formula is C18H32N2O3. The topological polar surface area (TPSA) is 69.6 Å². The first-order valence-electron chi connectivity index (χ1n) is 9.19. The third-order valence-electron chi connectivity index (χ3n) is 5.45. The number of hydrogen-bond donors (Lipinski definition) is 2. The van der Waals surface area contributed by atoms with Gasteiger partial charge in [-0.2, -0.15) is 0 Å². The lowest BCUT2D eigenvalue weighted by atomic mass is 9.87. The lowest BCUT2D eigenvalue weighted by Crippen LogP contribution is -2.47. The minimum absolute atomic E-state index is 0.00736. The normalized spacial score (nSPS) is 26.7. The molecule has 0 aliphatic heterocycles. The maximum atomic E-state index is 12.4. The van der Waals surface area contributed by atoms with Crippen LogP contribution < -0.4 is 5.32 Å². The van der Waals surface area contributed by atoms with Crippen LogP contribution in [-0.4, -0.2) is 47.6 Å². The third-order valence-corrected chi connectivity index (χ3v) is 5.45. The predicted molar refractivity (Wildman–Crippen MR) is 89.8 cm³/mol. The summed E-state index contributed by atoms with van der Waals surface area (Å²) in [5.41, 5.74) is 0. The van der Waals surface area contributed by atoms with Crippen LogP contribution in [-0.2, 0) is 9.59 Å². The van der Waals surface area contributed by atoms with Crippen molar-refractivity contribution in [2.75, 3.05) is 13.6 Å². The molecule has 2 N–H and O–H groups in total. The highest BCUT2D eigenvalue weighted by Gasteiger charge is 2.29. The number of nitrogens with one attached hydrogen (secondary N) is 1. The molecule has 2 amide bonds. The van der Waals surface area contributed by atoms with Crippen molar-refractivity contribution in [2.24, 2.45) is 11.8 Å². The van der Waals surface area contributed by atoms with Crippen molar-refractivity contribution in [3.63, 3.8) is 0 Å². The number of rotatable bonds is 6. The Morgan fingerprint density at radius 2 is 1.83 bits per heavy atom. The van der Waals surface area contributed by atoms with Crippen LogP contribution in [0.25, 0.3) is 0 Å². The van der Waals surface area contributed by atoms with Crippen LogP contribution in [0.1, 0.15) is 64.7 Å². The quantitative estimate of drug-likeness (QED) is 0.786. The Kier molecular flexibility index (Phi) is 6.88. The standard InChI is InChI=1S/C18H32N2O3/c1-13(19-17(22)11-14-7-4-3-5-8-14)18(23)20(2)12-15-9-6-10-16(15)21/h13-16,21H,3-12H2,1-2H3,(H,19,22). The summed E-state index contributed by atoms with van der Waals surface area (Å²) in [6.45, 7) is 2.32. The Morgan fingerprint density at radius 1 is 1.13 bits per heavy atom. The summed E-state index contributed by atoms with van der Waals surface area (Å²) in [4.78, 5) is 26.2. The van der Waals surface area contributed by atoms with Gasteiger partial charge in [0.15, 0.2) is 0 Å². The Morgan fingerprint density at radius 3 is 2.43 bits per heavy atom. The Labute approximate surface area is 139 Å². The molecule has 0 bridgehead atoms. The first-order valence-corrected chi connectivity index (χ1v) is 9.19. The largest absolute Gasteiger partial charge is 0.393 e. The minimum atomic E-state index is -0.491. The second kappa shape index (κ2) is 8.67. The van der Waals surface area contributed by atoms with E-state index in [0.717, 1.165) is 32.1 Å². The van der Waals surface area contributed by atoms with E-state index in [9.17, 15) is 14.7 Å². The van der Waals surface area contributed by atoms with E-state index in [1.54, 1.807) is 18.9 Å². The molecule has 23 heavy (non-hydrogen) atoms. The summed E-state index contributed by atoms with van der Waals surface area (Å²) in [6, 6.07) is -0.491. The lowest BCUT2D eigenvalue weighted by molar-refractivity contribution is -0.135. The number of aliphatic hydroxyl groups excluding tert-OH is 1. The fourth-order valence-corrected chi connectivity index (χ4v) is 4.02. The zero-order chi connectivity index (χ0) is 16.8. The highest BCUT2D eigenvalue weighted by atomic mass is 16.3. The second-order valence-corrected chi connectivity index (χ2v) is 7.47. The fraction of sp³-hybridized carbons (Fsp3) is 0.889. The number of carbonyl (C=O) groups excluding carboxylic acids is 2. The Hall–Kier alpha value is -1.10. The monoisotopic (exact) mass is 324 g/mol. The molecule has 0 heterocycles. The molecule has 0 radical (unpaired) electrons. The summed E-state index contributed by atoms with van der Waals surface area (Å²) in [6.07, 6.45) is 9.08. The van der Waals surface area contributed by atoms with Gasteiger partial charge < -0.3 is 15.3 Å². The summed E-state index contributed by atoms with van der Waals surface area (Å²) < 4.78 is 0. The van der Waals surface area contributed by atoms with E-state index in [0.29, 0.717) is 18.9 Å². The molecule has 2 aliphatic carbocycles. The molecule has 2 rings (SSSR count). The van der Waals surface area contributed by atoms with Crippen molar-refractivity contribution < 1.29 is 14.7 Å². The van der Waals surface area contributed by atoms with E-state index in [1.807, 2.05) is 0 Å². The number of hydrogen-bond acceptors (Lipinski definition) is 3. The molecule has 0 saturated heterocycles. The van der Waals surface area contributed by atoms with Gasteiger partial charge >= 0.3 is 0 Å². The molecule has 0 aromatic heterocycles. The summed E-state index contributed by atoms with van der Waals surface area (Å²) >= 11 is 0. The van der Waals surface area contributed by atoms with Crippen LogP contribution in [0.4, 0.5) is 0 Å². The van der Waals surface area contributed by atoms with Gasteiger partial charge in [0.05, 0.1) is 6.10 Å². The SMILES string of the molecule is CC(NC(=O)CC1CCCCC1)C(=O)N(C)CC1CCCC1O. The average Bonchev–Trinajstić information content (AvgIpc) is 2.92. The van der Waals surface area contributed by atoms with Crippen LogP contribution >= 0.6 is 0 Å². The Bertz CT molecular complexity index is 407. The van der Waals surface area contributed by atoms with E-state index in [-0.39, 0.29) is 23.8 Å². The molecule has 0 spiro atoms. The van der Waals surface area contributed by atoms with Crippen molar-refractivity contribution >= 4 is 11.8 Å². The van der Waals surface area contributed by atoms with Crippen LogP contribution in [0.2, 0.25) is 0 Å². The van der Waals surface area contributed by atoms with Gasteiger partial charge in [0, 0.05) is 25.9 Å². The van der Waals surface area contributed by atoms with Crippen molar-refractivity contribution in [1.82, 2.24) is 10.2 Å². The van der Waals surface area contributed by atoms with Gasteiger partial charge in [-0.25, -0.2) is 0 Å². The van der Waals surface area contributed by atoms with E-state index in [1.165, 1.54) is 19.3 Å². The first-order chi connectivity index (χ1) is 11.0. The average molecular weight is 324 g/mol. The highest BCUT2D eigenvalue weighted by Crippen LogP contribution is 2.27. The molecule has 0 aromatic rings. The van der Waals surface area contributed by atoms with Crippen LogP contribution in [0.15, 0.2) is 0 Å². The molecule has 132 valence electrons. The molecule has 2 fully saturated rings. The van der Waals surface area contributed by atoms with Gasteiger partial charge in [-0.1, -0.05) is 25.7 Å². The molecule has 3 atom stereocenters. The summed E-state index contributed by atoms with van der Waals surface area (Å²) in [7, 11) is 1.76. The predicted octanol–water partition coefficient (Wildman–Crippen LogP) is 2.08. The maximum absolute atomic E-state index is 12.4. The molecule has 5 heteroatoms. The fourth-order valence-electron chi connectivity index (χ4n) is 4.02. The summed E-state index contributed by atoms with van der Waals surface area (Å²) in [5, 5.41) is 12.7. The van der Waals surface area contributed by atoms with Gasteiger partial charge in [0.2, 0.25) is 11.8 Å². The number of carbonyl (C=O) groups is 2. The van der Waals surface area contributed by atoms with Crippen molar-refractivity contribution in [1.29, 1.82) is 0 Å². The van der Waals surface area contributed by atoms with Gasteiger partial charge in [0.1, 0.15) is 6.04 Å². The van der Waals surface area contributed by atoms with Gasteiger partial charge in [-0.05, 0) is 38.5 Å². The van der Waals surface area contributed by atoms with Gasteiger partial charge in [-0.15, -0.1) is 0 Å². The smallest absolute Gasteiger partial charge is 0.244 e. The van der Waals surface area contributed by atoms with E-state index in [2.05, 4.69) is 5.32 Å². The Balaban J connectivity index is 1.73. The molecule has 5 nitrogen and oxygen atoms in total. The summed E-state index contributed by atoms with van der Waals surface area (Å²) in [5.74, 6) is 0.583. The van der Waals surface area contributed by atoms with E-state index >= 15 is 0 Å². The molecular weight excluding hydrogens is 292 g/mol. The van der Waals surface area contributed by atoms with Gasteiger partial charge in [0.25, 0.3) is 0 Å². The molecule has 0 aromatic carbocycles. The molecule has 2 saturated carbocycles. The maximum Gasteiger partial charge on any atom is 0.244 e. The molecule has 2 aliphatic rings. The van der Waals surface area contributed by atoms with Gasteiger partial charge in [-0.3, -0.25) is 9.59 Å². The van der Waals surface area contributed by atoms with Crippen LogP contribution in [0.3, 0.4) is 0 Å². The van der Waals surface area contributed by atoms with Crippen molar-refractivity contribution in [3.05, 3.63) is 0 Å². The van der Waals surface area contributed by atoms with Crippen molar-refractivity contribution in [3.8, 4) is 0 Å². The lowest BCUT2D eigenvalue weighted by Gasteiger charge is -2.27. The highest BCUT2D eigenvalue weighted by molar-refractivity contribution is 5.87. The zero-order valence-electron chi connectivity index (χ0n) is 14.6. The number of nitrogens with zero attached hydrogens (tertiary/aromatic N) is 1. The number of likely N-dealkylation sites (N-methyl/N-ethyl adjacent to an activating group) is 1. The number of amides is 2. The van der Waals surface area contributed by atoms with Crippen LogP contribution in [0, 0.1) is 11.8 Å². The first kappa shape index (κ1) is 18.2. The number of aliphatic hydroxyl groups is 1. The molecule has 3 unspecified atom stereocenters. The van der Waals surface area contributed by atoms with E-state index in [4.69, 9.17) is 0 Å². The van der Waals surface area contributed by atoms with E-state index < -0.39 is 6.04 Å². The minimum Gasteiger partial charge on any atom is -0.393 e. The zero-order valence-corrected chi connectivity index (χ0v) is 14.6.